The van der Waals surface area contributed by atoms with Gasteiger partial charge in [0.1, 0.15) is 0 Å². The Morgan fingerprint density at radius 3 is 2.74 bits per heavy atom. The lowest BCUT2D eigenvalue weighted by Gasteiger charge is -2.26. The SMILES string of the molecule is Cc1cc(C)n(CC(C)CNC(=O)NCCN2CCOCC2)n1. The number of ether oxygens (including phenoxy) is 1. The van der Waals surface area contributed by atoms with Gasteiger partial charge >= 0.3 is 6.03 Å². The molecule has 0 spiro atoms. The molecule has 0 aliphatic carbocycles. The first-order valence-corrected chi connectivity index (χ1v) is 8.37. The highest BCUT2D eigenvalue weighted by molar-refractivity contribution is 5.73. The van der Waals surface area contributed by atoms with Crippen LogP contribution in [0.15, 0.2) is 6.07 Å². The number of rotatable bonds is 7. The molecule has 2 rings (SSSR count). The molecule has 1 unspecified atom stereocenters. The van der Waals surface area contributed by atoms with Crippen molar-refractivity contribution in [3.8, 4) is 0 Å². The monoisotopic (exact) mass is 323 g/mol. The van der Waals surface area contributed by atoms with E-state index in [4.69, 9.17) is 4.74 Å². The lowest BCUT2D eigenvalue weighted by Crippen LogP contribution is -2.44. The summed E-state index contributed by atoms with van der Waals surface area (Å²) in [6.07, 6.45) is 0. The molecule has 7 nitrogen and oxygen atoms in total. The van der Waals surface area contributed by atoms with Crippen LogP contribution in [0.1, 0.15) is 18.3 Å². The molecule has 23 heavy (non-hydrogen) atoms. The van der Waals surface area contributed by atoms with Crippen LogP contribution in [0.4, 0.5) is 4.79 Å². The zero-order valence-electron chi connectivity index (χ0n) is 14.5. The Balaban J connectivity index is 1.59. The summed E-state index contributed by atoms with van der Waals surface area (Å²) < 4.78 is 7.30. The molecule has 0 bridgehead atoms. The number of carbonyl (C=O) groups is 1. The minimum absolute atomic E-state index is 0.0986. The van der Waals surface area contributed by atoms with Crippen LogP contribution in [0.5, 0.6) is 0 Å². The summed E-state index contributed by atoms with van der Waals surface area (Å²) in [4.78, 5) is 14.1. The normalized spacial score (nSPS) is 17.0. The molecule has 0 saturated carbocycles. The fourth-order valence-corrected chi connectivity index (χ4v) is 2.70. The summed E-state index contributed by atoms with van der Waals surface area (Å²) in [6, 6.07) is 1.97. The molecule has 0 aromatic carbocycles. The smallest absolute Gasteiger partial charge is 0.314 e. The number of amides is 2. The first-order valence-electron chi connectivity index (χ1n) is 8.37. The Morgan fingerprint density at radius 1 is 1.35 bits per heavy atom. The average molecular weight is 323 g/mol. The minimum Gasteiger partial charge on any atom is -0.379 e. The van der Waals surface area contributed by atoms with E-state index in [2.05, 4.69) is 40.5 Å². The third-order valence-electron chi connectivity index (χ3n) is 4.02. The Bertz CT molecular complexity index is 497. The second-order valence-electron chi connectivity index (χ2n) is 6.31. The van der Waals surface area contributed by atoms with Gasteiger partial charge < -0.3 is 15.4 Å². The molecule has 1 aliphatic heterocycles. The second-order valence-corrected chi connectivity index (χ2v) is 6.31. The van der Waals surface area contributed by atoms with Gasteiger partial charge in [0.05, 0.1) is 18.9 Å². The molecular weight excluding hydrogens is 294 g/mol. The van der Waals surface area contributed by atoms with Gasteiger partial charge in [-0.05, 0) is 25.8 Å². The third-order valence-corrected chi connectivity index (χ3v) is 4.02. The van der Waals surface area contributed by atoms with Gasteiger partial charge in [-0.2, -0.15) is 5.10 Å². The van der Waals surface area contributed by atoms with Gasteiger partial charge in [-0.15, -0.1) is 0 Å². The molecule has 2 amide bonds. The number of aryl methyl sites for hydroxylation is 2. The van der Waals surface area contributed by atoms with Crippen molar-refractivity contribution in [3.63, 3.8) is 0 Å². The van der Waals surface area contributed by atoms with Crippen molar-refractivity contribution in [2.75, 3.05) is 45.9 Å². The predicted octanol–water partition coefficient (Wildman–Crippen LogP) is 0.767. The van der Waals surface area contributed by atoms with Crippen molar-refractivity contribution in [2.24, 2.45) is 5.92 Å². The van der Waals surface area contributed by atoms with Gasteiger partial charge in [0.2, 0.25) is 0 Å². The molecule has 1 saturated heterocycles. The first-order chi connectivity index (χ1) is 11.0. The van der Waals surface area contributed by atoms with Crippen molar-refractivity contribution < 1.29 is 9.53 Å². The van der Waals surface area contributed by atoms with Crippen molar-refractivity contribution in [1.82, 2.24) is 25.3 Å². The second kappa shape index (κ2) is 8.88. The molecule has 7 heteroatoms. The van der Waals surface area contributed by atoms with Crippen LogP contribution in [0, 0.1) is 19.8 Å². The molecule has 2 heterocycles. The molecule has 1 aliphatic rings. The predicted molar refractivity (Wildman–Crippen MR) is 89.5 cm³/mol. The fourth-order valence-electron chi connectivity index (χ4n) is 2.70. The van der Waals surface area contributed by atoms with Crippen LogP contribution in [0.2, 0.25) is 0 Å². The number of morpholine rings is 1. The van der Waals surface area contributed by atoms with E-state index in [-0.39, 0.29) is 6.03 Å². The van der Waals surface area contributed by atoms with E-state index >= 15 is 0 Å². The Labute approximate surface area is 138 Å². The van der Waals surface area contributed by atoms with E-state index < -0.39 is 0 Å². The number of hydrogen-bond acceptors (Lipinski definition) is 4. The number of nitrogens with zero attached hydrogens (tertiary/aromatic N) is 3. The summed E-state index contributed by atoms with van der Waals surface area (Å²) in [5.41, 5.74) is 2.19. The number of hydrogen-bond donors (Lipinski definition) is 2. The molecule has 1 aromatic rings. The maximum absolute atomic E-state index is 11.8. The van der Waals surface area contributed by atoms with Gasteiger partial charge in [0.15, 0.2) is 0 Å². The van der Waals surface area contributed by atoms with Crippen molar-refractivity contribution in [3.05, 3.63) is 17.5 Å². The molecule has 1 aromatic heterocycles. The topological polar surface area (TPSA) is 71.4 Å². The van der Waals surface area contributed by atoms with Gasteiger partial charge in [0.25, 0.3) is 0 Å². The van der Waals surface area contributed by atoms with Crippen LogP contribution in [0.25, 0.3) is 0 Å². The summed E-state index contributed by atoms with van der Waals surface area (Å²) >= 11 is 0. The molecule has 130 valence electrons. The van der Waals surface area contributed by atoms with E-state index in [0.717, 1.165) is 50.8 Å². The molecule has 0 radical (unpaired) electrons. The lowest BCUT2D eigenvalue weighted by molar-refractivity contribution is 0.0387. The molecule has 1 fully saturated rings. The maximum Gasteiger partial charge on any atom is 0.314 e. The maximum atomic E-state index is 11.8. The molecular formula is C16H29N5O2. The van der Waals surface area contributed by atoms with E-state index in [0.29, 0.717) is 19.0 Å². The summed E-state index contributed by atoms with van der Waals surface area (Å²) in [6.45, 7) is 12.6. The zero-order chi connectivity index (χ0) is 16.7. The number of urea groups is 1. The number of carbonyl (C=O) groups excluding carboxylic acids is 1. The summed E-state index contributed by atoms with van der Waals surface area (Å²) in [5.74, 6) is 0.331. The number of nitrogens with one attached hydrogen (secondary N) is 2. The average Bonchev–Trinajstić information content (AvgIpc) is 2.84. The zero-order valence-corrected chi connectivity index (χ0v) is 14.5. The van der Waals surface area contributed by atoms with E-state index in [1.807, 2.05) is 11.6 Å². The van der Waals surface area contributed by atoms with Crippen molar-refractivity contribution >= 4 is 6.03 Å². The van der Waals surface area contributed by atoms with Gasteiger partial charge in [-0.25, -0.2) is 4.79 Å². The highest BCUT2D eigenvalue weighted by Crippen LogP contribution is 2.05. The third kappa shape index (κ3) is 6.19. The standard InChI is InChI=1S/C16H29N5O2/c1-13(12-21-15(3)10-14(2)19-21)11-18-16(22)17-4-5-20-6-8-23-9-7-20/h10,13H,4-9,11-12H2,1-3H3,(H2,17,18,22). The van der Waals surface area contributed by atoms with Gasteiger partial charge in [0, 0.05) is 45.0 Å². The Kier molecular flexibility index (Phi) is 6.85. The summed E-state index contributed by atoms with van der Waals surface area (Å²) in [5, 5.41) is 10.3. The van der Waals surface area contributed by atoms with Crippen molar-refractivity contribution in [2.45, 2.75) is 27.3 Å². The van der Waals surface area contributed by atoms with Crippen molar-refractivity contribution in [1.29, 1.82) is 0 Å². The molecule has 2 N–H and O–H groups in total. The highest BCUT2D eigenvalue weighted by Gasteiger charge is 2.11. The lowest BCUT2D eigenvalue weighted by atomic mass is 10.2. The van der Waals surface area contributed by atoms with E-state index in [1.54, 1.807) is 0 Å². The van der Waals surface area contributed by atoms with Crippen LogP contribution in [-0.4, -0.2) is 66.6 Å². The van der Waals surface area contributed by atoms with Crippen LogP contribution < -0.4 is 10.6 Å². The van der Waals surface area contributed by atoms with E-state index in [1.165, 1.54) is 0 Å². The van der Waals surface area contributed by atoms with Gasteiger partial charge in [-0.1, -0.05) is 6.92 Å². The largest absolute Gasteiger partial charge is 0.379 e. The van der Waals surface area contributed by atoms with Crippen LogP contribution in [-0.2, 0) is 11.3 Å². The van der Waals surface area contributed by atoms with Crippen LogP contribution in [0.3, 0.4) is 0 Å². The number of aromatic nitrogens is 2. The van der Waals surface area contributed by atoms with Crippen LogP contribution >= 0.6 is 0 Å². The van der Waals surface area contributed by atoms with E-state index in [9.17, 15) is 4.79 Å². The summed E-state index contributed by atoms with van der Waals surface area (Å²) in [7, 11) is 0. The Hall–Kier alpha value is -1.60. The minimum atomic E-state index is -0.0986. The highest BCUT2D eigenvalue weighted by atomic mass is 16.5. The molecule has 1 atom stereocenters. The first kappa shape index (κ1) is 17.7. The Morgan fingerprint density at radius 2 is 2.09 bits per heavy atom. The quantitative estimate of drug-likeness (QED) is 0.777. The van der Waals surface area contributed by atoms with Gasteiger partial charge in [-0.3, -0.25) is 9.58 Å². The fraction of sp³-hybridized carbons (Fsp3) is 0.750.